The van der Waals surface area contributed by atoms with Crippen molar-refractivity contribution in [2.45, 2.75) is 76.4 Å². The SMILES string of the molecule is O=C(O)CCC(NC(=O)CC1CCCCC1)C(=O)N1c2ncccc2CC1C(=O)NCc1nn[nH]n1. The second-order valence-corrected chi connectivity index (χ2v) is 9.22. The Morgan fingerprint density at radius 1 is 1.19 bits per heavy atom. The molecule has 1 fully saturated rings. The van der Waals surface area contributed by atoms with Gasteiger partial charge in [0.15, 0.2) is 5.82 Å². The zero-order chi connectivity index (χ0) is 25.5. The number of tetrazole rings is 1. The number of amides is 3. The van der Waals surface area contributed by atoms with Crippen LogP contribution in [0.25, 0.3) is 0 Å². The molecule has 2 aromatic rings. The van der Waals surface area contributed by atoms with Crippen LogP contribution >= 0.6 is 0 Å². The van der Waals surface area contributed by atoms with Crippen LogP contribution in [0.4, 0.5) is 5.82 Å². The number of pyridine rings is 1. The minimum Gasteiger partial charge on any atom is -0.481 e. The van der Waals surface area contributed by atoms with Crippen molar-refractivity contribution < 1.29 is 24.3 Å². The largest absolute Gasteiger partial charge is 0.481 e. The Balaban J connectivity index is 1.51. The average molecular weight is 499 g/mol. The van der Waals surface area contributed by atoms with Crippen LogP contribution in [0.1, 0.15) is 62.8 Å². The number of carbonyl (C=O) groups excluding carboxylic acids is 3. The Labute approximate surface area is 207 Å². The number of fused-ring (bicyclic) bond motifs is 1. The molecular formula is C23H30N8O5. The normalized spacial score (nSPS) is 18.3. The van der Waals surface area contributed by atoms with Crippen molar-refractivity contribution in [3.05, 3.63) is 29.7 Å². The Hall–Kier alpha value is -3.90. The lowest BCUT2D eigenvalue weighted by Crippen LogP contribution is -2.55. The highest BCUT2D eigenvalue weighted by Gasteiger charge is 2.42. The van der Waals surface area contributed by atoms with Gasteiger partial charge in [-0.3, -0.25) is 24.1 Å². The first-order valence-corrected chi connectivity index (χ1v) is 12.2. The summed E-state index contributed by atoms with van der Waals surface area (Å²) < 4.78 is 0. The smallest absolute Gasteiger partial charge is 0.303 e. The molecule has 13 heteroatoms. The van der Waals surface area contributed by atoms with E-state index in [-0.39, 0.29) is 43.5 Å². The summed E-state index contributed by atoms with van der Waals surface area (Å²) in [5, 5.41) is 28.0. The summed E-state index contributed by atoms with van der Waals surface area (Å²) in [5.41, 5.74) is 0.705. The molecule has 3 amide bonds. The lowest BCUT2D eigenvalue weighted by molar-refractivity contribution is -0.138. The van der Waals surface area contributed by atoms with Crippen molar-refractivity contribution in [1.82, 2.24) is 36.2 Å². The standard InChI is InChI=1S/C23H30N8O5/c32-19(11-14-5-2-1-3-6-14)26-16(8-9-20(33)34)23(36)31-17(12-15-7-4-10-24-21(15)31)22(35)25-13-18-27-29-30-28-18/h4,7,10,14,16-17H,1-3,5-6,8-9,11-13H2,(H,25,35)(H,26,32)(H,33,34)(H,27,28,29,30). The number of rotatable bonds is 10. The van der Waals surface area contributed by atoms with Gasteiger partial charge in [-0.2, -0.15) is 5.21 Å². The van der Waals surface area contributed by atoms with Crippen molar-refractivity contribution >= 4 is 29.5 Å². The van der Waals surface area contributed by atoms with E-state index in [1.807, 2.05) is 0 Å². The second kappa shape index (κ2) is 11.7. The fourth-order valence-corrected chi connectivity index (χ4v) is 4.86. The second-order valence-electron chi connectivity index (χ2n) is 9.22. The van der Waals surface area contributed by atoms with Crippen LogP contribution in [0.5, 0.6) is 0 Å². The highest BCUT2D eigenvalue weighted by molar-refractivity contribution is 6.06. The maximum absolute atomic E-state index is 13.8. The third-order valence-electron chi connectivity index (χ3n) is 6.65. The van der Waals surface area contributed by atoms with E-state index in [1.54, 1.807) is 12.1 Å². The van der Waals surface area contributed by atoms with Gasteiger partial charge in [0.1, 0.15) is 17.9 Å². The van der Waals surface area contributed by atoms with Crippen LogP contribution in [0.15, 0.2) is 18.3 Å². The quantitative estimate of drug-likeness (QED) is 0.362. The molecule has 0 aromatic carbocycles. The van der Waals surface area contributed by atoms with Gasteiger partial charge >= 0.3 is 5.97 Å². The molecule has 2 unspecified atom stereocenters. The Morgan fingerprint density at radius 3 is 2.72 bits per heavy atom. The number of aromatic nitrogens is 5. The van der Waals surface area contributed by atoms with Gasteiger partial charge in [0.2, 0.25) is 11.8 Å². The van der Waals surface area contributed by atoms with Crippen molar-refractivity contribution in [3.8, 4) is 0 Å². The fraction of sp³-hybridized carbons (Fsp3) is 0.565. The van der Waals surface area contributed by atoms with E-state index in [2.05, 4.69) is 36.2 Å². The molecule has 2 aromatic heterocycles. The van der Waals surface area contributed by atoms with E-state index in [4.69, 9.17) is 0 Å². The number of carbonyl (C=O) groups is 4. The molecule has 2 aliphatic rings. The first-order valence-electron chi connectivity index (χ1n) is 12.2. The summed E-state index contributed by atoms with van der Waals surface area (Å²) in [4.78, 5) is 56.6. The first-order chi connectivity index (χ1) is 17.4. The molecule has 0 bridgehead atoms. The van der Waals surface area contributed by atoms with Crippen LogP contribution in [0.3, 0.4) is 0 Å². The highest BCUT2D eigenvalue weighted by atomic mass is 16.4. The van der Waals surface area contributed by atoms with Crippen LogP contribution in [-0.4, -0.2) is 66.5 Å². The maximum Gasteiger partial charge on any atom is 0.303 e. The molecular weight excluding hydrogens is 468 g/mol. The third-order valence-corrected chi connectivity index (χ3v) is 6.65. The summed E-state index contributed by atoms with van der Waals surface area (Å²) in [6, 6.07) is 1.48. The number of aliphatic carboxylic acids is 1. The number of anilines is 1. The van der Waals surface area contributed by atoms with E-state index in [0.717, 1.165) is 32.1 Å². The van der Waals surface area contributed by atoms with Crippen molar-refractivity contribution in [1.29, 1.82) is 0 Å². The summed E-state index contributed by atoms with van der Waals surface area (Å²) in [6.07, 6.45) is 6.89. The van der Waals surface area contributed by atoms with Gasteiger partial charge in [0, 0.05) is 25.5 Å². The number of carboxylic acid groups (broad SMARTS) is 1. The predicted molar refractivity (Wildman–Crippen MR) is 125 cm³/mol. The molecule has 4 N–H and O–H groups in total. The molecule has 3 heterocycles. The summed E-state index contributed by atoms with van der Waals surface area (Å²) >= 11 is 0. The van der Waals surface area contributed by atoms with Gasteiger partial charge in [0.05, 0.1) is 6.54 Å². The Kier molecular flexibility index (Phi) is 8.18. The minimum atomic E-state index is -1.10. The molecule has 0 saturated heterocycles. The van der Waals surface area contributed by atoms with E-state index >= 15 is 0 Å². The molecule has 1 saturated carbocycles. The summed E-state index contributed by atoms with van der Waals surface area (Å²) in [5.74, 6) is -1.52. The molecule has 13 nitrogen and oxygen atoms in total. The minimum absolute atomic E-state index is 0.0121. The number of hydrogen-bond donors (Lipinski definition) is 4. The Morgan fingerprint density at radius 2 is 2.00 bits per heavy atom. The lowest BCUT2D eigenvalue weighted by Gasteiger charge is -2.29. The van der Waals surface area contributed by atoms with Crippen molar-refractivity contribution in [2.75, 3.05) is 4.90 Å². The molecule has 0 radical (unpaired) electrons. The summed E-state index contributed by atoms with van der Waals surface area (Å²) in [6.45, 7) is 0.0121. The number of nitrogens with one attached hydrogen (secondary N) is 3. The van der Waals surface area contributed by atoms with Gasteiger partial charge in [-0.25, -0.2) is 4.98 Å². The summed E-state index contributed by atoms with van der Waals surface area (Å²) in [7, 11) is 0. The number of carboxylic acids is 1. The topological polar surface area (TPSA) is 183 Å². The molecule has 1 aliphatic heterocycles. The number of aromatic amines is 1. The lowest BCUT2D eigenvalue weighted by atomic mass is 9.87. The third kappa shape index (κ3) is 6.20. The van der Waals surface area contributed by atoms with Gasteiger partial charge < -0.3 is 15.7 Å². The van der Waals surface area contributed by atoms with Crippen LogP contribution in [0, 0.1) is 5.92 Å². The Bertz CT molecular complexity index is 1090. The number of H-pyrrole nitrogens is 1. The van der Waals surface area contributed by atoms with Crippen LogP contribution in [-0.2, 0) is 32.1 Å². The molecule has 36 heavy (non-hydrogen) atoms. The first kappa shape index (κ1) is 25.2. The zero-order valence-corrected chi connectivity index (χ0v) is 19.9. The van der Waals surface area contributed by atoms with E-state index in [9.17, 15) is 24.3 Å². The number of nitrogens with zero attached hydrogens (tertiary/aromatic N) is 5. The maximum atomic E-state index is 13.8. The fourth-order valence-electron chi connectivity index (χ4n) is 4.86. The zero-order valence-electron chi connectivity index (χ0n) is 19.9. The van der Waals surface area contributed by atoms with Gasteiger partial charge in [0.25, 0.3) is 5.91 Å². The van der Waals surface area contributed by atoms with Crippen LogP contribution < -0.4 is 15.5 Å². The molecule has 1 aliphatic carbocycles. The monoisotopic (exact) mass is 498 g/mol. The van der Waals surface area contributed by atoms with E-state index < -0.39 is 29.9 Å². The van der Waals surface area contributed by atoms with E-state index in [1.165, 1.54) is 11.1 Å². The molecule has 192 valence electrons. The molecule has 0 spiro atoms. The average Bonchev–Trinajstić information content (AvgIpc) is 3.53. The van der Waals surface area contributed by atoms with Crippen molar-refractivity contribution in [3.63, 3.8) is 0 Å². The van der Waals surface area contributed by atoms with Crippen LogP contribution in [0.2, 0.25) is 0 Å². The predicted octanol–water partition coefficient (Wildman–Crippen LogP) is 0.489. The van der Waals surface area contributed by atoms with E-state index in [0.29, 0.717) is 17.8 Å². The van der Waals surface area contributed by atoms with Crippen molar-refractivity contribution in [2.24, 2.45) is 5.92 Å². The van der Waals surface area contributed by atoms with Gasteiger partial charge in [-0.05, 0) is 36.8 Å². The number of hydrogen-bond acceptors (Lipinski definition) is 8. The molecule has 4 rings (SSSR count). The highest BCUT2D eigenvalue weighted by Crippen LogP contribution is 2.31. The van der Waals surface area contributed by atoms with Gasteiger partial charge in [-0.15, -0.1) is 10.2 Å². The molecule has 2 atom stereocenters. The van der Waals surface area contributed by atoms with Gasteiger partial charge in [-0.1, -0.05) is 30.5 Å².